The number of Topliss-reactive ketones (excluding diaryl/α,β-unsaturated/α-hetero) is 1. The van der Waals surface area contributed by atoms with Crippen molar-refractivity contribution in [3.05, 3.63) is 12.2 Å². The molecule has 134 valence electrons. The molecular formula is C21H38O2. The topological polar surface area (TPSA) is 37.3 Å². The predicted octanol–water partition coefficient (Wildman–Crippen LogP) is 5.97. The van der Waals surface area contributed by atoms with Crippen LogP contribution in [0.25, 0.3) is 0 Å². The fourth-order valence-electron chi connectivity index (χ4n) is 3.39. The SMILES string of the molecule is CC1CCCCCCCC=CCCCCCCCCC(=O)C1O. The lowest BCUT2D eigenvalue weighted by Crippen LogP contribution is -2.27. The molecule has 0 fully saturated rings. The molecule has 0 spiro atoms. The van der Waals surface area contributed by atoms with Crippen molar-refractivity contribution in [1.82, 2.24) is 0 Å². The van der Waals surface area contributed by atoms with Gasteiger partial charge in [0.1, 0.15) is 6.10 Å². The zero-order valence-electron chi connectivity index (χ0n) is 15.3. The van der Waals surface area contributed by atoms with Gasteiger partial charge in [0.25, 0.3) is 0 Å². The number of allylic oxidation sites excluding steroid dienone is 2. The van der Waals surface area contributed by atoms with Gasteiger partial charge in [0.05, 0.1) is 0 Å². The zero-order chi connectivity index (χ0) is 16.8. The number of carbonyl (C=O) groups excluding carboxylic acids is 1. The summed E-state index contributed by atoms with van der Waals surface area (Å²) < 4.78 is 0. The maximum absolute atomic E-state index is 12.0. The van der Waals surface area contributed by atoms with Gasteiger partial charge in [0, 0.05) is 6.42 Å². The highest BCUT2D eigenvalue weighted by atomic mass is 16.3. The molecule has 0 aliphatic heterocycles. The second-order valence-electron chi connectivity index (χ2n) is 7.36. The van der Waals surface area contributed by atoms with E-state index in [9.17, 15) is 9.90 Å². The molecular weight excluding hydrogens is 284 g/mol. The normalized spacial score (nSPS) is 28.3. The Morgan fingerprint density at radius 3 is 1.87 bits per heavy atom. The standard InChI is InChI=1S/C21H38O2/c1-19-17-15-13-11-9-7-5-3-2-4-6-8-10-12-14-16-18-20(22)21(19)23/h2-3,19,21,23H,4-18H2,1H3. The van der Waals surface area contributed by atoms with Crippen LogP contribution >= 0.6 is 0 Å². The van der Waals surface area contributed by atoms with Crippen LogP contribution in [0.5, 0.6) is 0 Å². The smallest absolute Gasteiger partial charge is 0.161 e. The molecule has 0 amide bonds. The molecule has 0 bridgehead atoms. The van der Waals surface area contributed by atoms with Crippen molar-refractivity contribution in [2.45, 2.75) is 109 Å². The molecule has 1 aliphatic carbocycles. The Morgan fingerprint density at radius 2 is 1.26 bits per heavy atom. The van der Waals surface area contributed by atoms with Gasteiger partial charge < -0.3 is 5.11 Å². The first-order valence-electron chi connectivity index (χ1n) is 10.1. The highest BCUT2D eigenvalue weighted by molar-refractivity contribution is 5.82. The number of hydrogen-bond acceptors (Lipinski definition) is 2. The van der Waals surface area contributed by atoms with Gasteiger partial charge in [-0.1, -0.05) is 70.4 Å². The Labute approximate surface area is 143 Å². The van der Waals surface area contributed by atoms with E-state index >= 15 is 0 Å². The molecule has 0 aromatic carbocycles. The lowest BCUT2D eigenvalue weighted by atomic mass is 9.92. The van der Waals surface area contributed by atoms with Gasteiger partial charge in [-0.2, -0.15) is 0 Å². The fourth-order valence-corrected chi connectivity index (χ4v) is 3.39. The molecule has 2 unspecified atom stereocenters. The first kappa shape index (κ1) is 20.4. The van der Waals surface area contributed by atoms with Gasteiger partial charge in [-0.05, 0) is 44.4 Å². The van der Waals surface area contributed by atoms with Crippen LogP contribution in [0.2, 0.25) is 0 Å². The van der Waals surface area contributed by atoms with Crippen LogP contribution in [-0.4, -0.2) is 17.0 Å². The number of carbonyl (C=O) groups is 1. The van der Waals surface area contributed by atoms with E-state index in [0.29, 0.717) is 6.42 Å². The summed E-state index contributed by atoms with van der Waals surface area (Å²) in [5, 5.41) is 10.2. The average Bonchev–Trinajstić information content (AvgIpc) is 2.55. The Bertz CT molecular complexity index is 322. The first-order chi connectivity index (χ1) is 11.2. The number of ketones is 1. The molecule has 1 aliphatic rings. The molecule has 1 rings (SSSR count). The van der Waals surface area contributed by atoms with Gasteiger partial charge >= 0.3 is 0 Å². The van der Waals surface area contributed by atoms with Crippen LogP contribution in [0.4, 0.5) is 0 Å². The molecule has 0 saturated heterocycles. The third-order valence-electron chi connectivity index (χ3n) is 5.11. The Hall–Kier alpha value is -0.630. The summed E-state index contributed by atoms with van der Waals surface area (Å²) in [6.45, 7) is 2.03. The van der Waals surface area contributed by atoms with Gasteiger partial charge in [-0.15, -0.1) is 0 Å². The van der Waals surface area contributed by atoms with Crippen LogP contribution in [0.3, 0.4) is 0 Å². The van der Waals surface area contributed by atoms with Crippen molar-refractivity contribution >= 4 is 5.78 Å². The summed E-state index contributed by atoms with van der Waals surface area (Å²) in [7, 11) is 0. The van der Waals surface area contributed by atoms with E-state index in [2.05, 4.69) is 12.2 Å². The van der Waals surface area contributed by atoms with Crippen molar-refractivity contribution < 1.29 is 9.90 Å². The van der Waals surface area contributed by atoms with Crippen molar-refractivity contribution in [3.63, 3.8) is 0 Å². The highest BCUT2D eigenvalue weighted by Crippen LogP contribution is 2.18. The summed E-state index contributed by atoms with van der Waals surface area (Å²) in [6, 6.07) is 0. The molecule has 0 aromatic heterocycles. The third-order valence-corrected chi connectivity index (χ3v) is 5.11. The van der Waals surface area contributed by atoms with E-state index < -0.39 is 6.10 Å². The minimum Gasteiger partial charge on any atom is -0.385 e. The first-order valence-corrected chi connectivity index (χ1v) is 10.1. The molecule has 0 radical (unpaired) electrons. The molecule has 2 atom stereocenters. The minimum absolute atomic E-state index is 0.0667. The summed E-state index contributed by atoms with van der Waals surface area (Å²) in [5.41, 5.74) is 0. The van der Waals surface area contributed by atoms with E-state index in [-0.39, 0.29) is 11.7 Å². The van der Waals surface area contributed by atoms with E-state index in [1.807, 2.05) is 6.92 Å². The summed E-state index contributed by atoms with van der Waals surface area (Å²) in [5.74, 6) is 0.188. The molecule has 2 nitrogen and oxygen atoms in total. The molecule has 1 N–H and O–H groups in total. The molecule has 2 heteroatoms. The van der Waals surface area contributed by atoms with Gasteiger partial charge in [-0.25, -0.2) is 0 Å². The average molecular weight is 323 g/mol. The second-order valence-corrected chi connectivity index (χ2v) is 7.36. The lowest BCUT2D eigenvalue weighted by Gasteiger charge is -2.17. The summed E-state index contributed by atoms with van der Waals surface area (Å²) in [4.78, 5) is 12.0. The van der Waals surface area contributed by atoms with Gasteiger partial charge in [0.15, 0.2) is 5.78 Å². The quantitative estimate of drug-likeness (QED) is 0.557. The van der Waals surface area contributed by atoms with Crippen LogP contribution < -0.4 is 0 Å². The Morgan fingerprint density at radius 1 is 0.783 bits per heavy atom. The Kier molecular flexibility index (Phi) is 12.2. The van der Waals surface area contributed by atoms with E-state index in [0.717, 1.165) is 25.7 Å². The van der Waals surface area contributed by atoms with Gasteiger partial charge in [0.2, 0.25) is 0 Å². The van der Waals surface area contributed by atoms with E-state index in [1.54, 1.807) is 0 Å². The minimum atomic E-state index is -0.731. The highest BCUT2D eigenvalue weighted by Gasteiger charge is 2.21. The van der Waals surface area contributed by atoms with Crippen molar-refractivity contribution in [3.8, 4) is 0 Å². The largest absolute Gasteiger partial charge is 0.385 e. The zero-order valence-corrected chi connectivity index (χ0v) is 15.3. The number of hydrogen-bond donors (Lipinski definition) is 1. The van der Waals surface area contributed by atoms with Gasteiger partial charge in [-0.3, -0.25) is 4.79 Å². The monoisotopic (exact) mass is 322 g/mol. The molecule has 0 aromatic rings. The number of rotatable bonds is 0. The van der Waals surface area contributed by atoms with E-state index in [1.165, 1.54) is 64.2 Å². The van der Waals surface area contributed by atoms with Crippen LogP contribution in [0, 0.1) is 5.92 Å². The predicted molar refractivity (Wildman–Crippen MR) is 98.6 cm³/mol. The van der Waals surface area contributed by atoms with E-state index in [4.69, 9.17) is 0 Å². The lowest BCUT2D eigenvalue weighted by molar-refractivity contribution is -0.129. The maximum atomic E-state index is 12.0. The third kappa shape index (κ3) is 10.7. The molecule has 23 heavy (non-hydrogen) atoms. The summed E-state index contributed by atoms with van der Waals surface area (Å²) in [6.07, 6.45) is 21.4. The van der Waals surface area contributed by atoms with Crippen molar-refractivity contribution in [1.29, 1.82) is 0 Å². The molecule has 0 heterocycles. The number of aliphatic hydroxyl groups is 1. The van der Waals surface area contributed by atoms with Crippen LogP contribution in [0.1, 0.15) is 103 Å². The van der Waals surface area contributed by atoms with Crippen molar-refractivity contribution in [2.24, 2.45) is 5.92 Å². The van der Waals surface area contributed by atoms with Crippen molar-refractivity contribution in [2.75, 3.05) is 0 Å². The molecule has 0 saturated carbocycles. The fraction of sp³-hybridized carbons (Fsp3) is 0.857. The second kappa shape index (κ2) is 13.8. The Balaban J connectivity index is 2.32. The van der Waals surface area contributed by atoms with Crippen LogP contribution in [-0.2, 0) is 4.79 Å². The summed E-state index contributed by atoms with van der Waals surface area (Å²) >= 11 is 0. The van der Waals surface area contributed by atoms with Crippen LogP contribution in [0.15, 0.2) is 12.2 Å². The number of aliphatic hydroxyl groups excluding tert-OH is 1. The maximum Gasteiger partial charge on any atom is 0.161 e.